The molecule has 4 rings (SSSR count). The largest absolute Gasteiger partial charge is 0.449 e. The van der Waals surface area contributed by atoms with Crippen LogP contribution in [-0.4, -0.2) is 66.9 Å². The van der Waals surface area contributed by atoms with Crippen LogP contribution in [0.5, 0.6) is 0 Å². The van der Waals surface area contributed by atoms with Crippen molar-refractivity contribution < 1.29 is 23.5 Å². The second kappa shape index (κ2) is 13.2. The summed E-state index contributed by atoms with van der Waals surface area (Å²) in [6.45, 7) is 10.5. The third-order valence-corrected chi connectivity index (χ3v) is 8.19. The van der Waals surface area contributed by atoms with Gasteiger partial charge in [0.05, 0.1) is 18.3 Å². The number of carbonyl (C=O) groups excluding carboxylic acids is 3. The molecule has 0 bridgehead atoms. The SMILES string of the molecule is CCCCOC(=O)N1CCC(C(=O)c2ccc([C@@H]3CN(C(=O)C(C)(C)C)CCN3c3ccc(Cl)cc3F)cc2)CC1. The molecule has 2 amide bonds. The Labute approximate surface area is 247 Å². The number of carbonyl (C=O) groups is 3. The highest BCUT2D eigenvalue weighted by atomic mass is 35.5. The quantitative estimate of drug-likeness (QED) is 0.266. The van der Waals surface area contributed by atoms with Crippen molar-refractivity contribution in [3.8, 4) is 0 Å². The Morgan fingerprint density at radius 2 is 1.66 bits per heavy atom. The molecule has 0 spiro atoms. The predicted octanol–water partition coefficient (Wildman–Crippen LogP) is 6.75. The van der Waals surface area contributed by atoms with Crippen molar-refractivity contribution in [2.45, 2.75) is 59.4 Å². The van der Waals surface area contributed by atoms with Crippen molar-refractivity contribution in [3.05, 3.63) is 64.4 Å². The lowest BCUT2D eigenvalue weighted by Crippen LogP contribution is -2.53. The Balaban J connectivity index is 1.48. The highest BCUT2D eigenvalue weighted by molar-refractivity contribution is 6.30. The fourth-order valence-corrected chi connectivity index (χ4v) is 5.71. The van der Waals surface area contributed by atoms with E-state index >= 15 is 4.39 Å². The number of anilines is 1. The molecule has 222 valence electrons. The molecular formula is C32H41ClFN3O4. The van der Waals surface area contributed by atoms with Crippen LogP contribution < -0.4 is 4.90 Å². The molecule has 1 atom stereocenters. The molecule has 0 aromatic heterocycles. The van der Waals surface area contributed by atoms with E-state index in [9.17, 15) is 14.4 Å². The van der Waals surface area contributed by atoms with E-state index in [1.165, 1.54) is 6.07 Å². The van der Waals surface area contributed by atoms with Gasteiger partial charge in [-0.05, 0) is 43.0 Å². The third-order valence-electron chi connectivity index (χ3n) is 7.96. The number of ketones is 1. The number of nitrogens with zero attached hydrogens (tertiary/aromatic N) is 3. The van der Waals surface area contributed by atoms with Crippen molar-refractivity contribution in [3.63, 3.8) is 0 Å². The van der Waals surface area contributed by atoms with Crippen LogP contribution in [0, 0.1) is 17.2 Å². The first kappa shape index (κ1) is 30.8. The van der Waals surface area contributed by atoms with E-state index in [0.29, 0.717) is 68.4 Å². The van der Waals surface area contributed by atoms with Crippen LogP contribution in [0.15, 0.2) is 42.5 Å². The highest BCUT2D eigenvalue weighted by Gasteiger charge is 2.36. The first-order valence-electron chi connectivity index (χ1n) is 14.6. The molecule has 2 aromatic carbocycles. The summed E-state index contributed by atoms with van der Waals surface area (Å²) < 4.78 is 20.3. The van der Waals surface area contributed by atoms with Gasteiger partial charge >= 0.3 is 6.09 Å². The van der Waals surface area contributed by atoms with E-state index < -0.39 is 11.2 Å². The second-order valence-electron chi connectivity index (χ2n) is 12.0. The number of hydrogen-bond acceptors (Lipinski definition) is 5. The first-order valence-corrected chi connectivity index (χ1v) is 14.9. The zero-order chi connectivity index (χ0) is 29.7. The summed E-state index contributed by atoms with van der Waals surface area (Å²) in [7, 11) is 0. The number of likely N-dealkylation sites (tertiary alicyclic amines) is 1. The van der Waals surface area contributed by atoms with Crippen LogP contribution in [-0.2, 0) is 9.53 Å². The van der Waals surface area contributed by atoms with Crippen LogP contribution >= 0.6 is 11.6 Å². The molecule has 2 aliphatic rings. The number of amides is 2. The maximum absolute atomic E-state index is 15.0. The van der Waals surface area contributed by atoms with Gasteiger partial charge in [-0.2, -0.15) is 0 Å². The molecule has 2 aromatic rings. The fraction of sp³-hybridized carbons (Fsp3) is 0.531. The minimum Gasteiger partial charge on any atom is -0.449 e. The molecular weight excluding hydrogens is 545 g/mol. The lowest BCUT2D eigenvalue weighted by Gasteiger charge is -2.44. The Kier molecular flexibility index (Phi) is 9.95. The zero-order valence-corrected chi connectivity index (χ0v) is 25.3. The standard InChI is InChI=1S/C32H41ClFN3O4/c1-5-6-19-41-31(40)35-15-13-24(14-16-35)29(38)23-9-7-22(8-10-23)28-21-36(30(39)32(2,3)4)17-18-37(28)27-12-11-25(33)20-26(27)34/h7-12,20,24,28H,5-6,13-19,21H2,1-4H3/t28-/m0/s1. The molecule has 9 heteroatoms. The van der Waals surface area contributed by atoms with Crippen molar-refractivity contribution in [1.82, 2.24) is 9.80 Å². The van der Waals surface area contributed by atoms with Crippen LogP contribution in [0.4, 0.5) is 14.9 Å². The van der Waals surface area contributed by atoms with Gasteiger partial charge in [0.2, 0.25) is 5.91 Å². The van der Waals surface area contributed by atoms with Crippen molar-refractivity contribution in [1.29, 1.82) is 0 Å². The molecule has 2 saturated heterocycles. The Hall–Kier alpha value is -3.13. The molecule has 0 saturated carbocycles. The van der Waals surface area contributed by atoms with Gasteiger partial charge in [-0.15, -0.1) is 0 Å². The third kappa shape index (κ3) is 7.39. The molecule has 41 heavy (non-hydrogen) atoms. The summed E-state index contributed by atoms with van der Waals surface area (Å²) in [5, 5.41) is 0.325. The summed E-state index contributed by atoms with van der Waals surface area (Å²) in [6, 6.07) is 11.8. The normalized spacial score (nSPS) is 18.4. The summed E-state index contributed by atoms with van der Waals surface area (Å²) in [5.74, 6) is -0.462. The molecule has 0 N–H and O–H groups in total. The molecule has 0 unspecified atom stereocenters. The van der Waals surface area contributed by atoms with Gasteiger partial charge in [0.25, 0.3) is 0 Å². The molecule has 7 nitrogen and oxygen atoms in total. The topological polar surface area (TPSA) is 70.2 Å². The second-order valence-corrected chi connectivity index (χ2v) is 12.5. The summed E-state index contributed by atoms with van der Waals surface area (Å²) >= 11 is 6.02. The van der Waals surface area contributed by atoms with E-state index in [2.05, 4.69) is 0 Å². The van der Waals surface area contributed by atoms with Crippen molar-refractivity contribution >= 4 is 35.1 Å². The lowest BCUT2D eigenvalue weighted by atomic mass is 9.88. The van der Waals surface area contributed by atoms with Crippen molar-refractivity contribution in [2.75, 3.05) is 44.2 Å². The summed E-state index contributed by atoms with van der Waals surface area (Å²) in [6.07, 6.45) is 2.70. The number of halogens is 2. The van der Waals surface area contributed by atoms with Gasteiger partial charge in [0.15, 0.2) is 5.78 Å². The van der Waals surface area contributed by atoms with Gasteiger partial charge in [-0.25, -0.2) is 9.18 Å². The summed E-state index contributed by atoms with van der Waals surface area (Å²) in [5.41, 5.74) is 1.41. The van der Waals surface area contributed by atoms with Crippen molar-refractivity contribution in [2.24, 2.45) is 11.3 Å². The van der Waals surface area contributed by atoms with Gasteiger partial charge in [-0.3, -0.25) is 9.59 Å². The minimum atomic E-state index is -0.531. The molecule has 0 radical (unpaired) electrons. The van der Waals surface area contributed by atoms with E-state index in [-0.39, 0.29) is 29.7 Å². The number of piperidine rings is 1. The van der Waals surface area contributed by atoms with E-state index in [0.717, 1.165) is 18.4 Å². The number of piperazine rings is 1. The van der Waals surface area contributed by atoms with E-state index in [4.69, 9.17) is 16.3 Å². The van der Waals surface area contributed by atoms with E-state index in [1.54, 1.807) is 17.0 Å². The highest BCUT2D eigenvalue weighted by Crippen LogP contribution is 2.35. The maximum atomic E-state index is 15.0. The van der Waals surface area contributed by atoms with E-state index in [1.807, 2.05) is 61.8 Å². The van der Waals surface area contributed by atoms with Crippen LogP contribution in [0.1, 0.15) is 75.3 Å². The average Bonchev–Trinajstić information content (AvgIpc) is 2.96. The Morgan fingerprint density at radius 1 is 0.976 bits per heavy atom. The molecule has 2 aliphatic heterocycles. The average molecular weight is 586 g/mol. The number of ether oxygens (including phenoxy) is 1. The van der Waals surface area contributed by atoms with Gasteiger partial charge in [0, 0.05) is 54.6 Å². The smallest absolute Gasteiger partial charge is 0.409 e. The van der Waals surface area contributed by atoms with Crippen LogP contribution in [0.25, 0.3) is 0 Å². The van der Waals surface area contributed by atoms with Crippen LogP contribution in [0.3, 0.4) is 0 Å². The zero-order valence-electron chi connectivity index (χ0n) is 24.5. The molecule has 2 fully saturated rings. The summed E-state index contributed by atoms with van der Waals surface area (Å²) in [4.78, 5) is 44.2. The Bertz CT molecular complexity index is 1240. The number of benzene rings is 2. The molecule has 0 aliphatic carbocycles. The number of unbranched alkanes of at least 4 members (excludes halogenated alkanes) is 1. The van der Waals surface area contributed by atoms with Gasteiger partial charge in [0.1, 0.15) is 5.82 Å². The molecule has 2 heterocycles. The fourth-order valence-electron chi connectivity index (χ4n) is 5.55. The first-order chi connectivity index (χ1) is 19.5. The van der Waals surface area contributed by atoms with Crippen LogP contribution in [0.2, 0.25) is 5.02 Å². The number of rotatable bonds is 7. The predicted molar refractivity (Wildman–Crippen MR) is 159 cm³/mol. The Morgan fingerprint density at radius 3 is 2.27 bits per heavy atom. The van der Waals surface area contributed by atoms with Gasteiger partial charge < -0.3 is 19.4 Å². The monoisotopic (exact) mass is 585 g/mol. The van der Waals surface area contributed by atoms with Gasteiger partial charge in [-0.1, -0.05) is 70.0 Å². The lowest BCUT2D eigenvalue weighted by molar-refractivity contribution is -0.140. The maximum Gasteiger partial charge on any atom is 0.409 e. The number of hydrogen-bond donors (Lipinski definition) is 0. The number of Topliss-reactive ketones (excluding diaryl/α,β-unsaturated/α-hetero) is 1. The minimum absolute atomic E-state index is 0.0473.